The normalized spacial score (nSPS) is 24.6. The number of fused-ring (bicyclic) bond motifs is 2. The topological polar surface area (TPSA) is 121 Å². The fourth-order valence-electron chi connectivity index (χ4n) is 10.4. The zero-order valence-electron chi connectivity index (χ0n) is 35.3. The van der Waals surface area contributed by atoms with Gasteiger partial charge in [0.1, 0.15) is 0 Å². The van der Waals surface area contributed by atoms with Crippen LogP contribution in [0.3, 0.4) is 0 Å². The number of aryl methyl sites for hydroxylation is 1. The van der Waals surface area contributed by atoms with E-state index in [0.717, 1.165) is 73.9 Å². The molecular formula is C47H59FN6O5Si. The van der Waals surface area contributed by atoms with Crippen LogP contribution in [-0.2, 0) is 37.8 Å². The van der Waals surface area contributed by atoms with Crippen molar-refractivity contribution in [1.29, 1.82) is 0 Å². The molecular weight excluding hydrogens is 776 g/mol. The number of aliphatic hydroxyl groups excluding tert-OH is 1. The number of benzene rings is 3. The van der Waals surface area contributed by atoms with Gasteiger partial charge in [0.15, 0.2) is 5.60 Å². The second kappa shape index (κ2) is 17.7. The summed E-state index contributed by atoms with van der Waals surface area (Å²) in [5.41, 5.74) is 3.35. The quantitative estimate of drug-likeness (QED) is 0.119. The van der Waals surface area contributed by atoms with E-state index < -0.39 is 31.6 Å². The number of rotatable bonds is 11. The molecule has 3 aromatic carbocycles. The van der Waals surface area contributed by atoms with Crippen LogP contribution in [0.15, 0.2) is 79.0 Å². The van der Waals surface area contributed by atoms with Crippen LogP contribution in [0, 0.1) is 5.92 Å². The number of hydrogen-bond donors (Lipinski definition) is 1. The number of ether oxygens (including phenoxy) is 1. The number of anilines is 3. The van der Waals surface area contributed by atoms with Crippen molar-refractivity contribution in [2.24, 2.45) is 5.92 Å². The first kappa shape index (κ1) is 42.0. The largest absolute Gasteiger partial charge is 0.395 e. The molecule has 1 unspecified atom stereocenters. The molecule has 5 atom stereocenters. The van der Waals surface area contributed by atoms with Gasteiger partial charge in [-0.1, -0.05) is 80.3 Å². The van der Waals surface area contributed by atoms with Crippen molar-refractivity contribution in [3.63, 3.8) is 0 Å². The number of amides is 3. The molecule has 60 heavy (non-hydrogen) atoms. The lowest BCUT2D eigenvalue weighted by atomic mass is 9.82. The Morgan fingerprint density at radius 2 is 1.52 bits per heavy atom. The molecule has 1 spiro atoms. The monoisotopic (exact) mass is 834 g/mol. The van der Waals surface area contributed by atoms with E-state index in [1.807, 2.05) is 95.7 Å². The highest BCUT2D eigenvalue weighted by Gasteiger charge is 2.66. The predicted octanol–water partition coefficient (Wildman–Crippen LogP) is 8.41. The Hall–Kier alpha value is -4.72. The number of nitrogens with zero attached hydrogens (tertiary/aromatic N) is 6. The average Bonchev–Trinajstić information content (AvgIpc) is 3.88. The van der Waals surface area contributed by atoms with Crippen molar-refractivity contribution in [1.82, 2.24) is 15.0 Å². The minimum Gasteiger partial charge on any atom is -0.395 e. The maximum absolute atomic E-state index is 16.8. The van der Waals surface area contributed by atoms with Gasteiger partial charge in [-0.25, -0.2) is 0 Å². The standard InChI is InChI=1S/C47H59FN6O5Si/c1-33-45(60(2,3)48)42(24-27-51-31-40(49-50-51)38(32-55)35-17-9-8-10-18-35)59-47(33)39-29-37(53-26-14-7-5-12-21-44(53)57)22-23-41(39)54(46(47)58)30-34-16-15-19-36(28-34)52-25-13-6-4-11-20-43(52)56/h8-10,15-19,22-23,28-29,31,33,38,42,45,55H,4-7,11-14,20-21,24-27,30,32H2,1-3H3/t33-,38?,42+,45-,47+/m1/s1. The fourth-order valence-corrected chi connectivity index (χ4v) is 12.9. The molecule has 4 aliphatic rings. The van der Waals surface area contributed by atoms with Crippen LogP contribution < -0.4 is 14.7 Å². The Bertz CT molecular complexity index is 2180. The summed E-state index contributed by atoms with van der Waals surface area (Å²) in [6, 6.07) is 23.4. The molecule has 8 rings (SSSR count). The number of hydrogen-bond acceptors (Lipinski definition) is 7. The van der Waals surface area contributed by atoms with Crippen LogP contribution in [0.4, 0.5) is 21.2 Å². The third-order valence-corrected chi connectivity index (χ3v) is 15.9. The van der Waals surface area contributed by atoms with E-state index in [-0.39, 0.29) is 36.8 Å². The molecule has 13 heteroatoms. The lowest BCUT2D eigenvalue weighted by molar-refractivity contribution is -0.146. The van der Waals surface area contributed by atoms with Crippen molar-refractivity contribution >= 4 is 43.2 Å². The summed E-state index contributed by atoms with van der Waals surface area (Å²) < 4.78 is 25.7. The molecule has 4 aliphatic heterocycles. The first-order chi connectivity index (χ1) is 29.0. The maximum Gasteiger partial charge on any atom is 0.264 e. The Labute approximate surface area is 354 Å². The van der Waals surface area contributed by atoms with Crippen LogP contribution in [0.2, 0.25) is 18.6 Å². The van der Waals surface area contributed by atoms with Gasteiger partial charge in [0.2, 0.25) is 20.2 Å². The van der Waals surface area contributed by atoms with Crippen LogP contribution in [-0.4, -0.2) is 72.0 Å². The molecule has 0 bridgehead atoms. The number of halogens is 1. The Kier molecular flexibility index (Phi) is 12.4. The molecule has 3 fully saturated rings. The number of carbonyl (C=O) groups is 3. The lowest BCUT2D eigenvalue weighted by Gasteiger charge is -2.32. The van der Waals surface area contributed by atoms with Crippen LogP contribution in [0.1, 0.15) is 106 Å². The minimum absolute atomic E-state index is 0.0665. The molecule has 5 heterocycles. The van der Waals surface area contributed by atoms with E-state index in [1.54, 1.807) is 22.7 Å². The molecule has 0 aliphatic carbocycles. The fraction of sp³-hybridized carbons (Fsp3) is 0.511. The van der Waals surface area contributed by atoms with Crippen molar-refractivity contribution < 1.29 is 28.3 Å². The number of aliphatic hydroxyl groups is 1. The lowest BCUT2D eigenvalue weighted by Crippen LogP contribution is -2.45. The van der Waals surface area contributed by atoms with Crippen LogP contribution >= 0.6 is 0 Å². The molecule has 318 valence electrons. The Morgan fingerprint density at radius 3 is 2.18 bits per heavy atom. The SMILES string of the molecule is C[C@@H]1[C@@H]([Si](C)(C)F)[C@H](CCn2cc(C(CO)c3ccccc3)nn2)O[C@@]12C(=O)N(Cc1cccc(N3CCCCCCC3=O)c1)c1ccc(N3CCCCCCC3=O)cc12. The van der Waals surface area contributed by atoms with Crippen molar-refractivity contribution in [2.45, 2.75) is 127 Å². The van der Waals surface area contributed by atoms with Crippen LogP contribution in [0.25, 0.3) is 0 Å². The van der Waals surface area contributed by atoms with E-state index in [4.69, 9.17) is 4.74 Å². The van der Waals surface area contributed by atoms with E-state index in [9.17, 15) is 14.7 Å². The summed E-state index contributed by atoms with van der Waals surface area (Å²) in [5.74, 6) is -0.904. The highest BCUT2D eigenvalue weighted by Crippen LogP contribution is 2.61. The number of carbonyl (C=O) groups excluding carboxylic acids is 3. The summed E-state index contributed by atoms with van der Waals surface area (Å²) in [6.07, 6.45) is 10.4. The first-order valence-corrected chi connectivity index (χ1v) is 25.0. The molecule has 3 saturated heterocycles. The smallest absolute Gasteiger partial charge is 0.264 e. The van der Waals surface area contributed by atoms with Gasteiger partial charge in [-0.2, -0.15) is 0 Å². The van der Waals surface area contributed by atoms with Gasteiger partial charge in [0, 0.05) is 67.1 Å². The third kappa shape index (κ3) is 8.20. The molecule has 0 saturated carbocycles. The average molecular weight is 835 g/mol. The summed E-state index contributed by atoms with van der Waals surface area (Å²) in [5, 5.41) is 19.1. The van der Waals surface area contributed by atoms with Gasteiger partial charge in [-0.3, -0.25) is 19.1 Å². The zero-order chi connectivity index (χ0) is 42.0. The Morgan fingerprint density at radius 1 is 0.850 bits per heavy atom. The maximum atomic E-state index is 16.8. The highest BCUT2D eigenvalue weighted by atomic mass is 28.4. The molecule has 3 amide bonds. The van der Waals surface area contributed by atoms with E-state index in [1.165, 1.54) is 0 Å². The summed E-state index contributed by atoms with van der Waals surface area (Å²) >= 11 is 0. The van der Waals surface area contributed by atoms with Crippen molar-refractivity contribution in [2.75, 3.05) is 34.4 Å². The molecule has 11 nitrogen and oxygen atoms in total. The predicted molar refractivity (Wildman–Crippen MR) is 233 cm³/mol. The van der Waals surface area contributed by atoms with Gasteiger partial charge in [0.05, 0.1) is 36.6 Å². The van der Waals surface area contributed by atoms with Gasteiger partial charge in [-0.15, -0.1) is 5.10 Å². The van der Waals surface area contributed by atoms with Gasteiger partial charge in [0.25, 0.3) is 5.91 Å². The van der Waals surface area contributed by atoms with E-state index in [0.29, 0.717) is 55.8 Å². The van der Waals surface area contributed by atoms with Crippen molar-refractivity contribution in [3.05, 3.63) is 101 Å². The molecule has 4 aromatic rings. The zero-order valence-corrected chi connectivity index (χ0v) is 36.3. The first-order valence-electron chi connectivity index (χ1n) is 22.1. The Balaban J connectivity index is 1.14. The molecule has 0 radical (unpaired) electrons. The van der Waals surface area contributed by atoms with E-state index >= 15 is 8.90 Å². The molecule has 1 N–H and O–H groups in total. The molecule has 1 aromatic heterocycles. The van der Waals surface area contributed by atoms with Gasteiger partial charge < -0.3 is 28.7 Å². The highest BCUT2D eigenvalue weighted by molar-refractivity contribution is 6.72. The minimum atomic E-state index is -3.48. The van der Waals surface area contributed by atoms with Gasteiger partial charge in [-0.05, 0) is 86.7 Å². The van der Waals surface area contributed by atoms with E-state index in [2.05, 4.69) is 10.3 Å². The van der Waals surface area contributed by atoms with Gasteiger partial charge >= 0.3 is 0 Å². The third-order valence-electron chi connectivity index (χ3n) is 13.4. The van der Waals surface area contributed by atoms with Crippen LogP contribution in [0.5, 0.6) is 0 Å². The second-order valence-corrected chi connectivity index (χ2v) is 21.6. The van der Waals surface area contributed by atoms with Crippen molar-refractivity contribution in [3.8, 4) is 0 Å². The summed E-state index contributed by atoms with van der Waals surface area (Å²) in [6.45, 7) is 7.12. The second-order valence-electron chi connectivity index (χ2n) is 17.8. The summed E-state index contributed by atoms with van der Waals surface area (Å²) in [4.78, 5) is 47.7. The summed E-state index contributed by atoms with van der Waals surface area (Å²) in [7, 11) is -3.48. The number of aromatic nitrogens is 3.